The topological polar surface area (TPSA) is 86.9 Å². The molecule has 0 saturated heterocycles. The first-order valence-corrected chi connectivity index (χ1v) is 12.0. The minimum absolute atomic E-state index is 0.0482. The van der Waals surface area contributed by atoms with Crippen LogP contribution in [-0.2, 0) is 25.3 Å². The van der Waals surface area contributed by atoms with Crippen LogP contribution >= 0.6 is 0 Å². The highest BCUT2D eigenvalue weighted by molar-refractivity contribution is 5.86. The summed E-state index contributed by atoms with van der Waals surface area (Å²) in [5.74, 6) is 1.30. The van der Waals surface area contributed by atoms with Gasteiger partial charge in [0.1, 0.15) is 11.9 Å². The van der Waals surface area contributed by atoms with Crippen molar-refractivity contribution in [3.05, 3.63) is 82.8 Å². The van der Waals surface area contributed by atoms with E-state index < -0.39 is 0 Å². The number of hydrogen-bond acceptors (Lipinski definition) is 5. The van der Waals surface area contributed by atoms with Crippen molar-refractivity contribution in [2.45, 2.75) is 32.7 Å². The maximum absolute atomic E-state index is 13.3. The summed E-state index contributed by atoms with van der Waals surface area (Å²) in [5.41, 5.74) is 6.68. The number of methoxy groups -OCH3 is 1. The number of fused-ring (bicyclic) bond motifs is 2. The highest BCUT2D eigenvalue weighted by Gasteiger charge is 2.23. The molecule has 0 bridgehead atoms. The molecule has 0 fully saturated rings. The molecule has 1 atom stereocenters. The van der Waals surface area contributed by atoms with Gasteiger partial charge in [-0.1, -0.05) is 42.5 Å². The van der Waals surface area contributed by atoms with Crippen molar-refractivity contribution >= 4 is 28.0 Å². The average molecular weight is 483 g/mol. The molecule has 8 heteroatoms. The predicted molar refractivity (Wildman–Crippen MR) is 140 cm³/mol. The van der Waals surface area contributed by atoms with Crippen LogP contribution in [0.25, 0.3) is 22.1 Å². The quantitative estimate of drug-likeness (QED) is 0.373. The maximum atomic E-state index is 13.3. The molecule has 3 heterocycles. The second-order valence-corrected chi connectivity index (χ2v) is 9.06. The van der Waals surface area contributed by atoms with Gasteiger partial charge in [-0.25, -0.2) is 14.6 Å². The SMILES string of the molecule is COc1nn(C)c2nc(C)c(CCC(=O)NC(c3ccccc3)c3nc4ccccc4n3C)c(C)c12. The second kappa shape index (κ2) is 9.45. The van der Waals surface area contributed by atoms with E-state index >= 15 is 0 Å². The van der Waals surface area contributed by atoms with Gasteiger partial charge in [0.15, 0.2) is 5.65 Å². The third-order valence-corrected chi connectivity index (χ3v) is 6.84. The number of hydrogen-bond donors (Lipinski definition) is 1. The molecule has 1 unspecified atom stereocenters. The molecule has 0 aliphatic heterocycles. The smallest absolute Gasteiger partial charge is 0.242 e. The van der Waals surface area contributed by atoms with Crippen LogP contribution < -0.4 is 10.1 Å². The van der Waals surface area contributed by atoms with Crippen LogP contribution in [-0.4, -0.2) is 37.3 Å². The van der Waals surface area contributed by atoms with Crippen molar-refractivity contribution in [2.75, 3.05) is 7.11 Å². The molecule has 2 aromatic carbocycles. The van der Waals surface area contributed by atoms with Gasteiger partial charge < -0.3 is 14.6 Å². The van der Waals surface area contributed by atoms with Gasteiger partial charge in [-0.15, -0.1) is 5.10 Å². The molecular weight excluding hydrogens is 452 g/mol. The van der Waals surface area contributed by atoms with Crippen molar-refractivity contribution in [1.82, 2.24) is 29.6 Å². The Morgan fingerprint density at radius 3 is 2.47 bits per heavy atom. The first-order valence-electron chi connectivity index (χ1n) is 12.0. The van der Waals surface area contributed by atoms with E-state index in [-0.39, 0.29) is 11.9 Å². The van der Waals surface area contributed by atoms with Gasteiger partial charge in [0, 0.05) is 26.2 Å². The van der Waals surface area contributed by atoms with Crippen LogP contribution in [0.2, 0.25) is 0 Å². The summed E-state index contributed by atoms with van der Waals surface area (Å²) in [7, 11) is 5.45. The molecule has 3 aromatic heterocycles. The number of nitrogens with one attached hydrogen (secondary N) is 1. The van der Waals surface area contributed by atoms with E-state index in [1.165, 1.54) is 0 Å². The summed E-state index contributed by atoms with van der Waals surface area (Å²) in [6, 6.07) is 17.6. The van der Waals surface area contributed by atoms with Gasteiger partial charge in [0.2, 0.25) is 11.8 Å². The molecule has 5 rings (SSSR count). The molecule has 36 heavy (non-hydrogen) atoms. The van der Waals surface area contributed by atoms with Crippen LogP contribution in [0, 0.1) is 13.8 Å². The Kier molecular flexibility index (Phi) is 6.18. The Bertz CT molecular complexity index is 1570. The summed E-state index contributed by atoms with van der Waals surface area (Å²) in [6.07, 6.45) is 0.888. The van der Waals surface area contributed by atoms with E-state index in [4.69, 9.17) is 14.7 Å². The Morgan fingerprint density at radius 2 is 1.75 bits per heavy atom. The molecular formula is C28H30N6O2. The lowest BCUT2D eigenvalue weighted by molar-refractivity contribution is -0.121. The molecule has 5 aromatic rings. The fourth-order valence-corrected chi connectivity index (χ4v) is 4.94. The first kappa shape index (κ1) is 23.5. The van der Waals surface area contributed by atoms with Crippen molar-refractivity contribution in [2.24, 2.45) is 14.1 Å². The number of pyridine rings is 1. The number of carbonyl (C=O) groups excluding carboxylic acids is 1. The van der Waals surface area contributed by atoms with Crippen LogP contribution in [0.15, 0.2) is 54.6 Å². The average Bonchev–Trinajstić information content (AvgIpc) is 3.39. The Balaban J connectivity index is 1.43. The number of ether oxygens (including phenoxy) is 1. The van der Waals surface area contributed by atoms with Crippen molar-refractivity contribution in [1.29, 1.82) is 0 Å². The standard InChI is InChI=1S/C28H30N6O2/c1-17-20(18(2)29-26-24(17)28(36-5)32-34(26)4)15-16-23(35)31-25(19-11-7-6-8-12-19)27-30-21-13-9-10-14-22(21)33(27)3/h6-14,25H,15-16H2,1-5H3,(H,31,35). The van der Waals surface area contributed by atoms with Gasteiger partial charge in [0.25, 0.3) is 0 Å². The van der Waals surface area contributed by atoms with Crippen LogP contribution in [0.4, 0.5) is 0 Å². The number of nitrogens with zero attached hydrogens (tertiary/aromatic N) is 5. The molecule has 0 saturated carbocycles. The highest BCUT2D eigenvalue weighted by Crippen LogP contribution is 2.31. The monoisotopic (exact) mass is 482 g/mol. The maximum Gasteiger partial charge on any atom is 0.242 e. The number of aromatic nitrogens is 5. The van der Waals surface area contributed by atoms with E-state index in [0.717, 1.165) is 50.3 Å². The minimum Gasteiger partial charge on any atom is -0.479 e. The zero-order valence-electron chi connectivity index (χ0n) is 21.2. The fourth-order valence-electron chi connectivity index (χ4n) is 4.94. The molecule has 1 N–H and O–H groups in total. The molecule has 0 aliphatic rings. The summed E-state index contributed by atoms with van der Waals surface area (Å²) in [5, 5.41) is 8.55. The van der Waals surface area contributed by atoms with Gasteiger partial charge in [-0.3, -0.25) is 4.79 Å². The number of benzene rings is 2. The summed E-state index contributed by atoms with van der Waals surface area (Å²) < 4.78 is 9.25. The van der Waals surface area contributed by atoms with Gasteiger partial charge in [0.05, 0.1) is 23.5 Å². The first-order chi connectivity index (χ1) is 17.4. The Morgan fingerprint density at radius 1 is 1.03 bits per heavy atom. The Hall–Kier alpha value is -4.20. The van der Waals surface area contributed by atoms with E-state index in [2.05, 4.69) is 10.4 Å². The molecule has 0 radical (unpaired) electrons. The molecule has 184 valence electrons. The molecule has 1 amide bonds. The van der Waals surface area contributed by atoms with Crippen LogP contribution in [0.5, 0.6) is 5.88 Å². The lowest BCUT2D eigenvalue weighted by Gasteiger charge is -2.20. The number of amides is 1. The van der Waals surface area contributed by atoms with Crippen molar-refractivity contribution in [3.8, 4) is 5.88 Å². The lowest BCUT2D eigenvalue weighted by atomic mass is 9.99. The van der Waals surface area contributed by atoms with E-state index in [1.807, 2.05) is 87.1 Å². The fraction of sp³-hybridized carbons (Fsp3) is 0.286. The summed E-state index contributed by atoms with van der Waals surface area (Å²) >= 11 is 0. The van der Waals surface area contributed by atoms with Gasteiger partial charge >= 0.3 is 0 Å². The van der Waals surface area contributed by atoms with Crippen LogP contribution in [0.3, 0.4) is 0 Å². The van der Waals surface area contributed by atoms with E-state index in [1.54, 1.807) is 11.8 Å². The van der Waals surface area contributed by atoms with Gasteiger partial charge in [-0.05, 0) is 49.1 Å². The molecule has 0 spiro atoms. The number of para-hydroxylation sites is 2. The van der Waals surface area contributed by atoms with E-state index in [0.29, 0.717) is 18.7 Å². The Labute approximate surface area is 209 Å². The number of carbonyl (C=O) groups is 1. The van der Waals surface area contributed by atoms with Crippen molar-refractivity contribution < 1.29 is 9.53 Å². The third-order valence-electron chi connectivity index (χ3n) is 6.84. The molecule has 0 aliphatic carbocycles. The predicted octanol–water partition coefficient (Wildman–Crippen LogP) is 4.32. The third kappa shape index (κ3) is 4.08. The number of aryl methyl sites for hydroxylation is 4. The second-order valence-electron chi connectivity index (χ2n) is 9.06. The van der Waals surface area contributed by atoms with E-state index in [9.17, 15) is 4.79 Å². The zero-order valence-corrected chi connectivity index (χ0v) is 21.2. The lowest BCUT2D eigenvalue weighted by Crippen LogP contribution is -2.31. The van der Waals surface area contributed by atoms with Crippen LogP contribution in [0.1, 0.15) is 40.7 Å². The normalized spacial score (nSPS) is 12.2. The molecule has 8 nitrogen and oxygen atoms in total. The highest BCUT2D eigenvalue weighted by atomic mass is 16.5. The van der Waals surface area contributed by atoms with Gasteiger partial charge in [-0.2, -0.15) is 0 Å². The zero-order chi connectivity index (χ0) is 25.4. The summed E-state index contributed by atoms with van der Waals surface area (Å²) in [6.45, 7) is 4.02. The summed E-state index contributed by atoms with van der Waals surface area (Å²) in [4.78, 5) is 22.9. The largest absolute Gasteiger partial charge is 0.479 e. The minimum atomic E-state index is -0.364. The number of rotatable bonds is 7. The number of imidazole rings is 1. The van der Waals surface area contributed by atoms with Crippen molar-refractivity contribution in [3.63, 3.8) is 0 Å².